The summed E-state index contributed by atoms with van der Waals surface area (Å²) in [7, 11) is 0. The summed E-state index contributed by atoms with van der Waals surface area (Å²) in [4.78, 5) is 14.5. The quantitative estimate of drug-likeness (QED) is 0.664. The molecule has 1 saturated heterocycles. The number of nitrogens with zero attached hydrogens (tertiary/aromatic N) is 1. The molecule has 2 aromatic carbocycles. The minimum Gasteiger partial charge on any atom is -0.484 e. The average molecular weight is 437 g/mol. The molecule has 0 spiro atoms. The van der Waals surface area contributed by atoms with Gasteiger partial charge in [0.1, 0.15) is 5.75 Å². The van der Waals surface area contributed by atoms with Crippen molar-refractivity contribution in [1.82, 2.24) is 15.5 Å². The SMILES string of the molecule is O=C(NCc1cccc(OCC(F)(F)F)c1)NCc1ccccc1CN1CCOCC1. The molecule has 168 valence electrons. The highest BCUT2D eigenvalue weighted by molar-refractivity contribution is 5.73. The van der Waals surface area contributed by atoms with Crippen LogP contribution in [0.3, 0.4) is 0 Å². The Balaban J connectivity index is 1.46. The summed E-state index contributed by atoms with van der Waals surface area (Å²) in [5, 5.41) is 5.55. The fourth-order valence-corrected chi connectivity index (χ4v) is 3.22. The van der Waals surface area contributed by atoms with E-state index >= 15 is 0 Å². The lowest BCUT2D eigenvalue weighted by Crippen LogP contribution is -2.37. The molecule has 0 atom stereocenters. The molecule has 0 aliphatic carbocycles. The molecule has 1 aliphatic rings. The summed E-state index contributed by atoms with van der Waals surface area (Å²) in [5.41, 5.74) is 2.83. The minimum atomic E-state index is -4.40. The number of carbonyl (C=O) groups excluding carboxylic acids is 1. The molecule has 2 aromatic rings. The number of ether oxygens (including phenoxy) is 2. The molecule has 9 heteroatoms. The van der Waals surface area contributed by atoms with Crippen LogP contribution in [-0.4, -0.2) is 50.0 Å². The Morgan fingerprint density at radius 1 is 1.00 bits per heavy atom. The number of urea groups is 1. The molecule has 3 rings (SSSR count). The maximum Gasteiger partial charge on any atom is 0.422 e. The standard InChI is InChI=1S/C22H26F3N3O3/c23-22(24,25)16-31-20-7-3-4-17(12-20)13-26-21(29)27-14-18-5-1-2-6-19(18)15-28-8-10-30-11-9-28/h1-7,12H,8-11,13-16H2,(H2,26,27,29). The summed E-state index contributed by atoms with van der Waals surface area (Å²) >= 11 is 0. The molecule has 0 aromatic heterocycles. The van der Waals surface area contributed by atoms with Crippen molar-refractivity contribution in [2.24, 2.45) is 0 Å². The van der Waals surface area contributed by atoms with Gasteiger partial charge in [-0.1, -0.05) is 36.4 Å². The number of amides is 2. The lowest BCUT2D eigenvalue weighted by Gasteiger charge is -2.27. The van der Waals surface area contributed by atoms with Crippen LogP contribution >= 0.6 is 0 Å². The van der Waals surface area contributed by atoms with Crippen LogP contribution in [0.1, 0.15) is 16.7 Å². The zero-order chi connectivity index (χ0) is 22.1. The lowest BCUT2D eigenvalue weighted by molar-refractivity contribution is -0.153. The van der Waals surface area contributed by atoms with Crippen molar-refractivity contribution in [3.8, 4) is 5.75 Å². The van der Waals surface area contributed by atoms with Crippen LogP contribution in [-0.2, 0) is 24.4 Å². The Labute approximate surface area is 179 Å². The monoisotopic (exact) mass is 437 g/mol. The van der Waals surface area contributed by atoms with E-state index in [1.165, 1.54) is 12.1 Å². The smallest absolute Gasteiger partial charge is 0.422 e. The second-order valence-electron chi connectivity index (χ2n) is 7.24. The Bertz CT molecular complexity index is 855. The number of nitrogens with one attached hydrogen (secondary N) is 2. The molecule has 31 heavy (non-hydrogen) atoms. The van der Waals surface area contributed by atoms with Crippen molar-refractivity contribution in [1.29, 1.82) is 0 Å². The summed E-state index contributed by atoms with van der Waals surface area (Å²) in [6, 6.07) is 13.8. The van der Waals surface area contributed by atoms with Gasteiger partial charge in [0.2, 0.25) is 0 Å². The number of benzene rings is 2. The predicted molar refractivity (Wildman–Crippen MR) is 110 cm³/mol. The second kappa shape index (κ2) is 11.0. The second-order valence-corrected chi connectivity index (χ2v) is 7.24. The highest BCUT2D eigenvalue weighted by Crippen LogP contribution is 2.19. The van der Waals surface area contributed by atoms with Gasteiger partial charge in [0.15, 0.2) is 6.61 Å². The van der Waals surface area contributed by atoms with E-state index < -0.39 is 12.8 Å². The van der Waals surface area contributed by atoms with Gasteiger partial charge < -0.3 is 20.1 Å². The molecule has 0 radical (unpaired) electrons. The van der Waals surface area contributed by atoms with Gasteiger partial charge in [0.25, 0.3) is 0 Å². The van der Waals surface area contributed by atoms with Crippen LogP contribution in [0.15, 0.2) is 48.5 Å². The van der Waals surface area contributed by atoms with Gasteiger partial charge >= 0.3 is 12.2 Å². The zero-order valence-electron chi connectivity index (χ0n) is 17.1. The Hall–Kier alpha value is -2.78. The van der Waals surface area contributed by atoms with E-state index in [0.717, 1.165) is 44.0 Å². The van der Waals surface area contributed by atoms with E-state index in [4.69, 9.17) is 9.47 Å². The number of rotatable bonds is 8. The van der Waals surface area contributed by atoms with Crippen molar-refractivity contribution in [2.45, 2.75) is 25.8 Å². The summed E-state index contributed by atoms with van der Waals surface area (Å²) in [5.74, 6) is 0.106. The van der Waals surface area contributed by atoms with Crippen molar-refractivity contribution in [3.63, 3.8) is 0 Å². The highest BCUT2D eigenvalue weighted by Gasteiger charge is 2.28. The molecule has 1 fully saturated rings. The van der Waals surface area contributed by atoms with Gasteiger partial charge in [-0.05, 0) is 28.8 Å². The Morgan fingerprint density at radius 3 is 2.45 bits per heavy atom. The topological polar surface area (TPSA) is 62.8 Å². The van der Waals surface area contributed by atoms with Crippen molar-refractivity contribution >= 4 is 6.03 Å². The molecule has 2 amide bonds. The van der Waals surface area contributed by atoms with Gasteiger partial charge in [-0.3, -0.25) is 4.90 Å². The number of hydrogen-bond acceptors (Lipinski definition) is 4. The van der Waals surface area contributed by atoms with Crippen LogP contribution in [0.5, 0.6) is 5.75 Å². The third-order valence-corrected chi connectivity index (χ3v) is 4.81. The zero-order valence-corrected chi connectivity index (χ0v) is 17.1. The first kappa shape index (κ1) is 22.9. The van der Waals surface area contributed by atoms with E-state index in [0.29, 0.717) is 12.1 Å². The summed E-state index contributed by atoms with van der Waals surface area (Å²) < 4.78 is 47.0. The van der Waals surface area contributed by atoms with E-state index in [-0.39, 0.29) is 18.3 Å². The maximum absolute atomic E-state index is 12.3. The summed E-state index contributed by atoms with van der Waals surface area (Å²) in [6.07, 6.45) is -4.40. The van der Waals surface area contributed by atoms with E-state index in [1.807, 2.05) is 18.2 Å². The molecule has 0 bridgehead atoms. The first-order valence-corrected chi connectivity index (χ1v) is 10.1. The van der Waals surface area contributed by atoms with Gasteiger partial charge in [-0.25, -0.2) is 4.79 Å². The predicted octanol–water partition coefficient (Wildman–Crippen LogP) is 3.46. The lowest BCUT2D eigenvalue weighted by atomic mass is 10.1. The van der Waals surface area contributed by atoms with Crippen molar-refractivity contribution in [2.75, 3.05) is 32.9 Å². The fourth-order valence-electron chi connectivity index (χ4n) is 3.22. The van der Waals surface area contributed by atoms with Gasteiger partial charge in [0.05, 0.1) is 13.2 Å². The average Bonchev–Trinajstić information content (AvgIpc) is 2.76. The molecular formula is C22H26F3N3O3. The van der Waals surface area contributed by atoms with E-state index in [9.17, 15) is 18.0 Å². The number of carbonyl (C=O) groups is 1. The van der Waals surface area contributed by atoms with E-state index in [2.05, 4.69) is 21.6 Å². The van der Waals surface area contributed by atoms with Crippen LogP contribution in [0.25, 0.3) is 0 Å². The molecule has 6 nitrogen and oxygen atoms in total. The first-order chi connectivity index (χ1) is 14.9. The number of morpholine rings is 1. The van der Waals surface area contributed by atoms with Crippen LogP contribution in [0.4, 0.5) is 18.0 Å². The molecule has 0 saturated carbocycles. The molecule has 1 aliphatic heterocycles. The Morgan fingerprint density at radius 2 is 1.71 bits per heavy atom. The van der Waals surface area contributed by atoms with Gasteiger partial charge in [0, 0.05) is 32.7 Å². The van der Waals surface area contributed by atoms with Gasteiger partial charge in [-0.2, -0.15) is 13.2 Å². The van der Waals surface area contributed by atoms with Crippen molar-refractivity contribution < 1.29 is 27.4 Å². The number of halogens is 3. The van der Waals surface area contributed by atoms with Gasteiger partial charge in [-0.15, -0.1) is 0 Å². The minimum absolute atomic E-state index is 0.106. The normalized spacial score (nSPS) is 14.8. The van der Waals surface area contributed by atoms with Crippen LogP contribution in [0, 0.1) is 0 Å². The molecule has 2 N–H and O–H groups in total. The Kier molecular flexibility index (Phi) is 8.13. The van der Waals surface area contributed by atoms with E-state index in [1.54, 1.807) is 12.1 Å². The molecular weight excluding hydrogens is 411 g/mol. The fraction of sp³-hybridized carbons (Fsp3) is 0.409. The molecule has 0 unspecified atom stereocenters. The largest absolute Gasteiger partial charge is 0.484 e. The van der Waals surface area contributed by atoms with Crippen molar-refractivity contribution in [3.05, 3.63) is 65.2 Å². The first-order valence-electron chi connectivity index (χ1n) is 10.1. The number of alkyl halides is 3. The van der Waals surface area contributed by atoms with Crippen LogP contribution < -0.4 is 15.4 Å². The maximum atomic E-state index is 12.3. The highest BCUT2D eigenvalue weighted by atomic mass is 19.4. The number of hydrogen-bond donors (Lipinski definition) is 2. The third kappa shape index (κ3) is 8.10. The molecule has 1 heterocycles. The van der Waals surface area contributed by atoms with Crippen LogP contribution in [0.2, 0.25) is 0 Å². The summed E-state index contributed by atoms with van der Waals surface area (Å²) in [6.45, 7) is 3.21. The third-order valence-electron chi connectivity index (χ3n) is 4.81.